The second-order valence-electron chi connectivity index (χ2n) is 5.51. The Bertz CT molecular complexity index is 622. The molecule has 1 fully saturated rings. The summed E-state index contributed by atoms with van der Waals surface area (Å²) in [6.45, 7) is 2.42. The highest BCUT2D eigenvalue weighted by molar-refractivity contribution is 7.13. The van der Waals surface area contributed by atoms with E-state index < -0.39 is 0 Å². The van der Waals surface area contributed by atoms with Crippen molar-refractivity contribution in [3.8, 4) is 5.75 Å². The topological polar surface area (TPSA) is 43.4 Å². The Hall–Kier alpha value is -1.59. The van der Waals surface area contributed by atoms with Gasteiger partial charge in [-0.25, -0.2) is 4.98 Å². The van der Waals surface area contributed by atoms with Crippen LogP contribution in [-0.2, 0) is 4.74 Å². The number of ether oxygens (including phenoxy) is 2. The highest BCUT2D eigenvalue weighted by Gasteiger charge is 2.24. The first-order valence-electron chi connectivity index (χ1n) is 7.41. The number of nitrogens with one attached hydrogen (secondary N) is 1. The highest BCUT2D eigenvalue weighted by Crippen LogP contribution is 2.35. The lowest BCUT2D eigenvalue weighted by Crippen LogP contribution is -2.20. The summed E-state index contributed by atoms with van der Waals surface area (Å²) >= 11 is 1.69. The molecule has 2 aromatic rings. The molecule has 0 saturated carbocycles. The first-order chi connectivity index (χ1) is 10.4. The van der Waals surface area contributed by atoms with Crippen LogP contribution in [0.2, 0.25) is 0 Å². The summed E-state index contributed by atoms with van der Waals surface area (Å²) in [4.78, 5) is 4.75. The van der Waals surface area contributed by atoms with Gasteiger partial charge in [-0.05, 0) is 12.5 Å². The fourth-order valence-electron chi connectivity index (χ4n) is 2.95. The van der Waals surface area contributed by atoms with Gasteiger partial charge in [-0.2, -0.15) is 0 Å². The zero-order valence-corrected chi connectivity index (χ0v) is 12.6. The lowest BCUT2D eigenvalue weighted by atomic mass is 10.0. The summed E-state index contributed by atoms with van der Waals surface area (Å²) in [5.74, 6) is 1.46. The van der Waals surface area contributed by atoms with Crippen LogP contribution >= 0.6 is 11.3 Å². The second kappa shape index (κ2) is 5.66. The molecule has 0 bridgehead atoms. The number of anilines is 1. The maximum Gasteiger partial charge on any atom is 0.183 e. The molecule has 0 unspecified atom stereocenters. The molecule has 1 aromatic heterocycles. The molecule has 0 amide bonds. The first-order valence-corrected chi connectivity index (χ1v) is 8.29. The number of aromatic nitrogens is 1. The predicted octanol–water partition coefficient (Wildman–Crippen LogP) is 3.58. The van der Waals surface area contributed by atoms with Crippen molar-refractivity contribution in [3.05, 3.63) is 40.9 Å². The van der Waals surface area contributed by atoms with Crippen molar-refractivity contribution >= 4 is 16.5 Å². The third-order valence-electron chi connectivity index (χ3n) is 4.13. The molecular formula is C16H18N2O2S. The third kappa shape index (κ3) is 2.63. The molecule has 110 valence electrons. The molecule has 1 aromatic carbocycles. The van der Waals surface area contributed by atoms with E-state index in [0.717, 1.165) is 43.5 Å². The zero-order chi connectivity index (χ0) is 14.1. The van der Waals surface area contributed by atoms with Crippen molar-refractivity contribution in [3.63, 3.8) is 0 Å². The summed E-state index contributed by atoms with van der Waals surface area (Å²) < 4.78 is 11.1. The number of benzene rings is 1. The van der Waals surface area contributed by atoms with Crippen molar-refractivity contribution in [2.75, 3.05) is 25.1 Å². The molecule has 1 N–H and O–H groups in total. The molecule has 5 heteroatoms. The Kier molecular flexibility index (Phi) is 3.53. The minimum atomic E-state index is 0.286. The molecule has 4 rings (SSSR count). The van der Waals surface area contributed by atoms with E-state index in [-0.39, 0.29) is 6.04 Å². The van der Waals surface area contributed by atoms with E-state index >= 15 is 0 Å². The number of fused-ring (bicyclic) bond motifs is 1. The maximum absolute atomic E-state index is 5.70. The fourth-order valence-corrected chi connectivity index (χ4v) is 3.79. The largest absolute Gasteiger partial charge is 0.493 e. The van der Waals surface area contributed by atoms with Crippen LogP contribution in [0.5, 0.6) is 5.75 Å². The monoisotopic (exact) mass is 302 g/mol. The van der Waals surface area contributed by atoms with E-state index in [2.05, 4.69) is 22.8 Å². The van der Waals surface area contributed by atoms with Crippen LogP contribution in [0.3, 0.4) is 0 Å². The van der Waals surface area contributed by atoms with Gasteiger partial charge in [0.05, 0.1) is 24.9 Å². The second-order valence-corrected chi connectivity index (χ2v) is 6.37. The number of hydrogen-bond donors (Lipinski definition) is 1. The van der Waals surface area contributed by atoms with Gasteiger partial charge in [-0.1, -0.05) is 18.2 Å². The Morgan fingerprint density at radius 3 is 3.05 bits per heavy atom. The number of rotatable bonds is 3. The summed E-state index contributed by atoms with van der Waals surface area (Å²) in [5.41, 5.74) is 2.39. The van der Waals surface area contributed by atoms with Crippen LogP contribution in [0, 0.1) is 0 Å². The van der Waals surface area contributed by atoms with Crippen molar-refractivity contribution in [2.24, 2.45) is 0 Å². The van der Waals surface area contributed by atoms with Crippen molar-refractivity contribution in [1.82, 2.24) is 4.98 Å². The summed E-state index contributed by atoms with van der Waals surface area (Å²) in [5, 5.41) is 6.73. The van der Waals surface area contributed by atoms with Crippen molar-refractivity contribution < 1.29 is 9.47 Å². The number of thiazole rings is 1. The van der Waals surface area contributed by atoms with Crippen LogP contribution in [0.1, 0.15) is 36.1 Å². The van der Waals surface area contributed by atoms with Crippen LogP contribution < -0.4 is 10.1 Å². The molecular weight excluding hydrogens is 284 g/mol. The number of para-hydroxylation sites is 1. The van der Waals surface area contributed by atoms with Crippen LogP contribution in [0.15, 0.2) is 29.6 Å². The van der Waals surface area contributed by atoms with Gasteiger partial charge in [-0.15, -0.1) is 11.3 Å². The standard InChI is InChI=1S/C16H18N2O2S/c1-2-4-15-12(3-1)13(6-8-20-15)17-16-18-14(10-21-16)11-5-7-19-9-11/h1-4,10-11,13H,5-9H2,(H,17,18)/t11-,13+/m1/s1. The minimum Gasteiger partial charge on any atom is -0.493 e. The molecule has 3 heterocycles. The molecule has 0 radical (unpaired) electrons. The van der Waals surface area contributed by atoms with Crippen LogP contribution in [-0.4, -0.2) is 24.8 Å². The molecule has 0 aliphatic carbocycles. The van der Waals surface area contributed by atoms with Gasteiger partial charge < -0.3 is 14.8 Å². The summed E-state index contributed by atoms with van der Waals surface area (Å²) in [6.07, 6.45) is 2.06. The van der Waals surface area contributed by atoms with E-state index in [0.29, 0.717) is 5.92 Å². The van der Waals surface area contributed by atoms with Gasteiger partial charge >= 0.3 is 0 Å². The van der Waals surface area contributed by atoms with E-state index in [1.807, 2.05) is 12.1 Å². The lowest BCUT2D eigenvalue weighted by molar-refractivity contribution is 0.193. The Balaban J connectivity index is 1.51. The van der Waals surface area contributed by atoms with Gasteiger partial charge in [0.15, 0.2) is 5.13 Å². The van der Waals surface area contributed by atoms with Gasteiger partial charge in [0.25, 0.3) is 0 Å². The predicted molar refractivity (Wildman–Crippen MR) is 83.2 cm³/mol. The van der Waals surface area contributed by atoms with Crippen LogP contribution in [0.25, 0.3) is 0 Å². The molecule has 21 heavy (non-hydrogen) atoms. The van der Waals surface area contributed by atoms with Gasteiger partial charge in [-0.3, -0.25) is 0 Å². The highest BCUT2D eigenvalue weighted by atomic mass is 32.1. The third-order valence-corrected chi connectivity index (χ3v) is 4.92. The summed E-state index contributed by atoms with van der Waals surface area (Å²) in [6, 6.07) is 8.53. The maximum atomic E-state index is 5.70. The quantitative estimate of drug-likeness (QED) is 0.941. The van der Waals surface area contributed by atoms with Crippen LogP contribution in [0.4, 0.5) is 5.13 Å². The van der Waals surface area contributed by atoms with E-state index in [1.165, 1.54) is 11.3 Å². The molecule has 0 spiro atoms. The average Bonchev–Trinajstić information content (AvgIpc) is 3.18. The van der Waals surface area contributed by atoms with Crippen molar-refractivity contribution in [2.45, 2.75) is 24.8 Å². The first kappa shape index (κ1) is 13.1. The molecule has 1 saturated heterocycles. The SMILES string of the molecule is c1ccc2c(c1)OCC[C@@H]2Nc1nc([C@@H]2CCOC2)cs1. The zero-order valence-electron chi connectivity index (χ0n) is 11.7. The Labute approximate surface area is 128 Å². The Morgan fingerprint density at radius 2 is 2.14 bits per heavy atom. The molecule has 2 atom stereocenters. The minimum absolute atomic E-state index is 0.286. The average molecular weight is 302 g/mol. The smallest absolute Gasteiger partial charge is 0.183 e. The number of nitrogens with zero attached hydrogens (tertiary/aromatic N) is 1. The molecule has 4 nitrogen and oxygen atoms in total. The van der Waals surface area contributed by atoms with Crippen molar-refractivity contribution in [1.29, 1.82) is 0 Å². The van der Waals surface area contributed by atoms with E-state index in [1.54, 1.807) is 11.3 Å². The Morgan fingerprint density at radius 1 is 1.19 bits per heavy atom. The van der Waals surface area contributed by atoms with E-state index in [4.69, 9.17) is 14.5 Å². The van der Waals surface area contributed by atoms with Gasteiger partial charge in [0.2, 0.25) is 0 Å². The van der Waals surface area contributed by atoms with Gasteiger partial charge in [0, 0.05) is 29.9 Å². The van der Waals surface area contributed by atoms with E-state index in [9.17, 15) is 0 Å². The summed E-state index contributed by atoms with van der Waals surface area (Å²) in [7, 11) is 0. The normalized spacial score (nSPS) is 24.4. The fraction of sp³-hybridized carbons (Fsp3) is 0.438. The van der Waals surface area contributed by atoms with Gasteiger partial charge in [0.1, 0.15) is 5.75 Å². The molecule has 2 aliphatic rings. The molecule has 2 aliphatic heterocycles. The number of hydrogen-bond acceptors (Lipinski definition) is 5. The lowest BCUT2D eigenvalue weighted by Gasteiger charge is -2.26.